The molecule has 1 aliphatic heterocycles. The molecule has 0 spiro atoms. The van der Waals surface area contributed by atoms with E-state index in [0.717, 1.165) is 70.1 Å². The third-order valence-electron chi connectivity index (χ3n) is 9.89. The molecule has 2 unspecified atom stereocenters. The van der Waals surface area contributed by atoms with E-state index in [1.165, 1.54) is 103 Å². The van der Waals surface area contributed by atoms with Crippen LogP contribution in [0.4, 0.5) is 0 Å². The van der Waals surface area contributed by atoms with Crippen LogP contribution in [-0.2, 0) is 32.9 Å². The lowest BCUT2D eigenvalue weighted by Gasteiger charge is -2.18. The molecule has 0 aromatic rings. The second-order valence-electron chi connectivity index (χ2n) is 15.5. The van der Waals surface area contributed by atoms with E-state index in [0.29, 0.717) is 18.6 Å². The van der Waals surface area contributed by atoms with E-state index in [1.807, 2.05) is 0 Å². The molecule has 1 saturated heterocycles. The highest BCUT2D eigenvalue weighted by Gasteiger charge is 2.36. The normalized spacial score (nSPS) is 16.5. The van der Waals surface area contributed by atoms with Gasteiger partial charge in [0.2, 0.25) is 0 Å². The molecule has 306 valence electrons. The standard InChI is InChI=1S/C42H79O9P/c1-4-5-6-7-21-26-31-39-40(51-39)32-27-22-19-24-29-34-42(44)50-38(36-49-52(45,46)47)35-48-41(43)33-28-23-18-16-14-12-10-8-9-11-13-15-17-20-25-30-37(2)3/h21,26,37-40H,4-20,22-25,27-36H2,1-3H3,(H2,45,46,47)/b26-21-/t38-,39?,40?/m1/s1. The van der Waals surface area contributed by atoms with Crippen LogP contribution in [0, 0.1) is 5.92 Å². The van der Waals surface area contributed by atoms with E-state index in [2.05, 4.69) is 37.4 Å². The van der Waals surface area contributed by atoms with Gasteiger partial charge in [-0.05, 0) is 44.4 Å². The Morgan fingerprint density at radius 1 is 0.654 bits per heavy atom. The maximum absolute atomic E-state index is 12.4. The Morgan fingerprint density at radius 2 is 1.17 bits per heavy atom. The lowest BCUT2D eigenvalue weighted by molar-refractivity contribution is -0.161. The largest absolute Gasteiger partial charge is 0.469 e. The van der Waals surface area contributed by atoms with Crippen LogP contribution in [0.15, 0.2) is 12.2 Å². The molecule has 2 N–H and O–H groups in total. The van der Waals surface area contributed by atoms with Gasteiger partial charge in [-0.3, -0.25) is 14.1 Å². The van der Waals surface area contributed by atoms with Crippen molar-refractivity contribution in [1.29, 1.82) is 0 Å². The summed E-state index contributed by atoms with van der Waals surface area (Å²) in [5.41, 5.74) is 0. The van der Waals surface area contributed by atoms with Crippen molar-refractivity contribution in [2.75, 3.05) is 13.2 Å². The Bertz CT molecular complexity index is 934. The Balaban J connectivity index is 2.04. The molecule has 0 radical (unpaired) electrons. The quantitative estimate of drug-likeness (QED) is 0.0207. The fraction of sp³-hybridized carbons (Fsp3) is 0.905. The van der Waals surface area contributed by atoms with Crippen LogP contribution >= 0.6 is 7.82 Å². The van der Waals surface area contributed by atoms with Gasteiger partial charge in [-0.15, -0.1) is 0 Å². The smallest absolute Gasteiger partial charge is 0.462 e. The molecule has 0 aromatic carbocycles. The van der Waals surface area contributed by atoms with Crippen molar-refractivity contribution in [2.45, 2.75) is 225 Å². The minimum atomic E-state index is -4.76. The Kier molecular flexibility index (Phi) is 31.1. The van der Waals surface area contributed by atoms with Gasteiger partial charge in [-0.2, -0.15) is 0 Å². The molecule has 52 heavy (non-hydrogen) atoms. The lowest BCUT2D eigenvalue weighted by Crippen LogP contribution is -2.29. The average molecular weight is 759 g/mol. The molecule has 1 rings (SSSR count). The molecule has 1 aliphatic rings. The van der Waals surface area contributed by atoms with Gasteiger partial charge in [0.15, 0.2) is 6.10 Å². The van der Waals surface area contributed by atoms with E-state index < -0.39 is 32.5 Å². The minimum Gasteiger partial charge on any atom is -0.462 e. The van der Waals surface area contributed by atoms with Gasteiger partial charge in [-0.25, -0.2) is 4.57 Å². The fourth-order valence-electron chi connectivity index (χ4n) is 6.57. The highest BCUT2D eigenvalue weighted by Crippen LogP contribution is 2.36. The van der Waals surface area contributed by atoms with Crippen LogP contribution in [0.25, 0.3) is 0 Å². The van der Waals surface area contributed by atoms with Gasteiger partial charge >= 0.3 is 19.8 Å². The van der Waals surface area contributed by atoms with E-state index in [1.54, 1.807) is 0 Å². The molecular weight excluding hydrogens is 679 g/mol. The molecule has 3 atom stereocenters. The van der Waals surface area contributed by atoms with Crippen LogP contribution in [0.3, 0.4) is 0 Å². The van der Waals surface area contributed by atoms with Crippen molar-refractivity contribution in [3.63, 3.8) is 0 Å². The minimum absolute atomic E-state index is 0.192. The predicted octanol–water partition coefficient (Wildman–Crippen LogP) is 11.9. The zero-order valence-corrected chi connectivity index (χ0v) is 34.5. The number of ether oxygens (including phenoxy) is 3. The zero-order chi connectivity index (χ0) is 38.1. The Hall–Kier alpha value is -1.25. The van der Waals surface area contributed by atoms with Gasteiger partial charge in [0.05, 0.1) is 18.8 Å². The van der Waals surface area contributed by atoms with Crippen molar-refractivity contribution in [2.24, 2.45) is 5.92 Å². The van der Waals surface area contributed by atoms with E-state index in [9.17, 15) is 14.2 Å². The monoisotopic (exact) mass is 759 g/mol. The molecule has 1 heterocycles. The maximum atomic E-state index is 12.4. The molecule has 9 nitrogen and oxygen atoms in total. The van der Waals surface area contributed by atoms with Crippen molar-refractivity contribution in [3.05, 3.63) is 12.2 Å². The number of epoxide rings is 1. The average Bonchev–Trinajstić information content (AvgIpc) is 3.85. The summed E-state index contributed by atoms with van der Waals surface area (Å²) in [7, 11) is -4.76. The lowest BCUT2D eigenvalue weighted by atomic mass is 10.0. The number of hydrogen-bond donors (Lipinski definition) is 2. The molecular formula is C42H79O9P. The van der Waals surface area contributed by atoms with E-state index >= 15 is 0 Å². The van der Waals surface area contributed by atoms with Crippen LogP contribution in [0.2, 0.25) is 0 Å². The first kappa shape index (κ1) is 48.8. The van der Waals surface area contributed by atoms with Gasteiger partial charge in [0.25, 0.3) is 0 Å². The predicted molar refractivity (Wildman–Crippen MR) is 211 cm³/mol. The number of phosphoric acid groups is 1. The van der Waals surface area contributed by atoms with Crippen LogP contribution < -0.4 is 0 Å². The third kappa shape index (κ3) is 33.3. The van der Waals surface area contributed by atoms with Crippen LogP contribution in [0.1, 0.15) is 207 Å². The molecule has 0 saturated carbocycles. The number of carbonyl (C=O) groups is 2. The van der Waals surface area contributed by atoms with Gasteiger partial charge in [0, 0.05) is 12.8 Å². The van der Waals surface area contributed by atoms with E-state index in [4.69, 9.17) is 24.0 Å². The van der Waals surface area contributed by atoms with E-state index in [-0.39, 0.29) is 19.4 Å². The van der Waals surface area contributed by atoms with Crippen molar-refractivity contribution >= 4 is 19.8 Å². The van der Waals surface area contributed by atoms with Gasteiger partial charge in [0.1, 0.15) is 6.61 Å². The summed E-state index contributed by atoms with van der Waals surface area (Å²) in [5.74, 6) is -0.0624. The summed E-state index contributed by atoms with van der Waals surface area (Å²) >= 11 is 0. The number of allylic oxidation sites excluding steroid dienone is 1. The second kappa shape index (κ2) is 33.1. The summed E-state index contributed by atoms with van der Waals surface area (Å²) in [6.45, 7) is 6.00. The summed E-state index contributed by atoms with van der Waals surface area (Å²) in [6.07, 6.45) is 36.7. The Labute approximate surface area is 318 Å². The first-order valence-electron chi connectivity index (χ1n) is 21.5. The number of carbonyl (C=O) groups excluding carboxylic acids is 2. The van der Waals surface area contributed by atoms with Crippen LogP contribution in [0.5, 0.6) is 0 Å². The summed E-state index contributed by atoms with van der Waals surface area (Å²) in [6, 6.07) is 0. The number of phosphoric ester groups is 1. The number of unbranched alkanes of at least 4 members (excludes halogenated alkanes) is 21. The Morgan fingerprint density at radius 3 is 1.71 bits per heavy atom. The topological polar surface area (TPSA) is 132 Å². The molecule has 1 fully saturated rings. The number of rotatable bonds is 38. The summed E-state index contributed by atoms with van der Waals surface area (Å²) < 4.78 is 32.2. The highest BCUT2D eigenvalue weighted by molar-refractivity contribution is 7.46. The zero-order valence-electron chi connectivity index (χ0n) is 33.6. The van der Waals surface area contributed by atoms with Crippen LogP contribution in [-0.4, -0.2) is 53.3 Å². The molecule has 0 bridgehead atoms. The fourth-order valence-corrected chi connectivity index (χ4v) is 6.93. The molecule has 0 amide bonds. The first-order valence-corrected chi connectivity index (χ1v) is 23.0. The summed E-state index contributed by atoms with van der Waals surface area (Å²) in [5, 5.41) is 0. The number of esters is 2. The molecule has 0 aromatic heterocycles. The molecule has 0 aliphatic carbocycles. The number of hydrogen-bond acceptors (Lipinski definition) is 7. The summed E-state index contributed by atoms with van der Waals surface area (Å²) in [4.78, 5) is 42.9. The second-order valence-corrected chi connectivity index (χ2v) is 16.8. The SMILES string of the molecule is CCCCC/C=C\CC1OC1CCCCCCCC(=O)O[C@H](COC(=O)CCCCCCCCCCCCCCCCCC(C)C)COP(=O)(O)O. The van der Waals surface area contributed by atoms with Crippen molar-refractivity contribution in [1.82, 2.24) is 0 Å². The highest BCUT2D eigenvalue weighted by atomic mass is 31.2. The van der Waals surface area contributed by atoms with Gasteiger partial charge in [-0.1, -0.05) is 168 Å². The third-order valence-corrected chi connectivity index (χ3v) is 10.4. The first-order chi connectivity index (χ1) is 25.1. The van der Waals surface area contributed by atoms with Gasteiger partial charge < -0.3 is 24.0 Å². The molecule has 10 heteroatoms. The van der Waals surface area contributed by atoms with Crippen molar-refractivity contribution < 1.29 is 42.7 Å². The van der Waals surface area contributed by atoms with Crippen molar-refractivity contribution in [3.8, 4) is 0 Å². The maximum Gasteiger partial charge on any atom is 0.469 e.